The Balaban J connectivity index is 0. The first-order valence-electron chi connectivity index (χ1n) is 6.40. The third kappa shape index (κ3) is 24.5. The molecule has 0 aliphatic rings. The number of carboxylic acids is 1. The maximum absolute atomic E-state index is 9.81. The molecule has 0 N–H and O–H groups in total. The minimum atomic E-state index is -1.09. The Kier molecular flexibility index (Phi) is 14.0. The number of rotatable bonds is 9. The zero-order chi connectivity index (χ0) is 14.4. The van der Waals surface area contributed by atoms with Gasteiger partial charge in [-0.1, -0.05) is 13.3 Å². The molecule has 0 aliphatic carbocycles. The second kappa shape index (κ2) is 12.8. The Morgan fingerprint density at radius 3 is 2.11 bits per heavy atom. The highest BCUT2D eigenvalue weighted by atomic mass is 16.5. The van der Waals surface area contributed by atoms with Crippen LogP contribution in [-0.4, -0.2) is 65.1 Å². The Morgan fingerprint density at radius 1 is 1.17 bits per heavy atom. The van der Waals surface area contributed by atoms with Crippen LogP contribution in [0, 0.1) is 0 Å². The Morgan fingerprint density at radius 2 is 1.78 bits per heavy atom. The van der Waals surface area contributed by atoms with Crippen molar-refractivity contribution in [3.63, 3.8) is 0 Å². The lowest BCUT2D eigenvalue weighted by Crippen LogP contribution is -2.35. The number of carbonyl (C=O) groups is 1. The Labute approximate surface area is 111 Å². The van der Waals surface area contributed by atoms with Crippen molar-refractivity contribution in [2.75, 3.05) is 54.6 Å². The van der Waals surface area contributed by atoms with Crippen LogP contribution in [0.5, 0.6) is 0 Å². The van der Waals surface area contributed by atoms with Gasteiger partial charge in [0.25, 0.3) is 0 Å². The van der Waals surface area contributed by atoms with E-state index in [4.69, 9.17) is 4.74 Å². The van der Waals surface area contributed by atoms with Crippen molar-refractivity contribution in [2.24, 2.45) is 0 Å². The minimum Gasteiger partial charge on any atom is -0.550 e. The van der Waals surface area contributed by atoms with Gasteiger partial charge in [0, 0.05) is 19.5 Å². The van der Waals surface area contributed by atoms with E-state index in [0.29, 0.717) is 13.2 Å². The molecular formula is C13H29NO4. The predicted molar refractivity (Wildman–Crippen MR) is 70.1 cm³/mol. The Bertz CT molecular complexity index is 190. The van der Waals surface area contributed by atoms with Gasteiger partial charge in [-0.3, -0.25) is 0 Å². The fourth-order valence-corrected chi connectivity index (χ4v) is 1.03. The number of carbonyl (C=O) groups excluding carboxylic acids is 1. The molecule has 0 radical (unpaired) electrons. The van der Waals surface area contributed by atoms with Crippen LogP contribution < -0.4 is 5.11 Å². The fourth-order valence-electron chi connectivity index (χ4n) is 1.03. The first-order chi connectivity index (χ1) is 8.33. The van der Waals surface area contributed by atoms with Crippen molar-refractivity contribution in [2.45, 2.75) is 26.2 Å². The van der Waals surface area contributed by atoms with Crippen molar-refractivity contribution in [3.8, 4) is 0 Å². The average Bonchev–Trinajstić information content (AvgIpc) is 2.25. The van der Waals surface area contributed by atoms with Crippen molar-refractivity contribution in [1.82, 2.24) is 0 Å². The summed E-state index contributed by atoms with van der Waals surface area (Å²) in [6, 6.07) is 0. The van der Waals surface area contributed by atoms with Gasteiger partial charge in [0.15, 0.2) is 0 Å². The molecule has 0 fully saturated rings. The van der Waals surface area contributed by atoms with E-state index in [9.17, 15) is 9.90 Å². The van der Waals surface area contributed by atoms with E-state index in [2.05, 4.69) is 32.8 Å². The lowest BCUT2D eigenvalue weighted by Gasteiger charge is -2.23. The van der Waals surface area contributed by atoms with Crippen LogP contribution in [0.1, 0.15) is 26.2 Å². The molecule has 0 saturated carbocycles. The number of nitrogens with zero attached hydrogens (tertiary/aromatic N) is 1. The first kappa shape index (κ1) is 19.7. The number of unbranched alkanes of at least 4 members (excludes halogenated alkanes) is 1. The van der Waals surface area contributed by atoms with E-state index in [0.717, 1.165) is 4.48 Å². The number of hydrogen-bond donors (Lipinski definition) is 0. The molecule has 0 spiro atoms. The van der Waals surface area contributed by atoms with Gasteiger partial charge >= 0.3 is 0 Å². The quantitative estimate of drug-likeness (QED) is 0.443. The lowest BCUT2D eigenvalue weighted by molar-refractivity contribution is -0.870. The molecule has 0 atom stereocenters. The molecule has 0 bridgehead atoms. The molecule has 0 aromatic heterocycles. The first-order valence-corrected chi connectivity index (χ1v) is 6.40. The van der Waals surface area contributed by atoms with Crippen LogP contribution in [0.3, 0.4) is 0 Å². The van der Waals surface area contributed by atoms with Crippen molar-refractivity contribution >= 4 is 5.97 Å². The third-order valence-electron chi connectivity index (χ3n) is 2.06. The highest BCUT2D eigenvalue weighted by Gasteiger charge is 2.02. The summed E-state index contributed by atoms with van der Waals surface area (Å²) >= 11 is 0. The van der Waals surface area contributed by atoms with Gasteiger partial charge in [0.05, 0.1) is 47.5 Å². The molecule has 0 amide bonds. The summed E-state index contributed by atoms with van der Waals surface area (Å²) in [5.41, 5.74) is 0. The van der Waals surface area contributed by atoms with Gasteiger partial charge < -0.3 is 23.9 Å². The standard InChI is InChI=1S/C7H18N.C6H12O4/c1-5-6-7-8(2,3)4;1-9-4-5-10-3-2-6(7)8/h5-7H2,1-4H3;2-5H2,1H3,(H,7,8)/q+1;/p-1. The van der Waals surface area contributed by atoms with Crippen molar-refractivity contribution < 1.29 is 23.9 Å². The smallest absolute Gasteiger partial charge is 0.0780 e. The highest BCUT2D eigenvalue weighted by Crippen LogP contribution is 1.95. The molecule has 5 nitrogen and oxygen atoms in total. The van der Waals surface area contributed by atoms with Crippen LogP contribution in [0.4, 0.5) is 0 Å². The molecule has 0 unspecified atom stereocenters. The number of quaternary nitrogens is 1. The van der Waals surface area contributed by atoms with Gasteiger partial charge in [0.1, 0.15) is 0 Å². The normalized spacial score (nSPS) is 10.7. The maximum Gasteiger partial charge on any atom is 0.0780 e. The monoisotopic (exact) mass is 263 g/mol. The number of carboxylic acid groups (broad SMARTS) is 1. The van der Waals surface area contributed by atoms with Crippen LogP contribution in [0.15, 0.2) is 0 Å². The molecule has 110 valence electrons. The summed E-state index contributed by atoms with van der Waals surface area (Å²) < 4.78 is 10.6. The molecule has 5 heteroatoms. The summed E-state index contributed by atoms with van der Waals surface area (Å²) in [5, 5.41) is 9.81. The van der Waals surface area contributed by atoms with Crippen LogP contribution in [0.25, 0.3) is 0 Å². The summed E-state index contributed by atoms with van der Waals surface area (Å²) in [5.74, 6) is -1.09. The molecule has 0 aliphatic heterocycles. The van der Waals surface area contributed by atoms with E-state index in [1.54, 1.807) is 7.11 Å². The summed E-state index contributed by atoms with van der Waals surface area (Å²) in [4.78, 5) is 9.81. The van der Waals surface area contributed by atoms with Gasteiger partial charge in [-0.25, -0.2) is 0 Å². The van der Waals surface area contributed by atoms with E-state index in [1.165, 1.54) is 19.4 Å². The molecule has 0 aromatic carbocycles. The fraction of sp³-hybridized carbons (Fsp3) is 0.923. The average molecular weight is 263 g/mol. The van der Waals surface area contributed by atoms with E-state index >= 15 is 0 Å². The van der Waals surface area contributed by atoms with Crippen LogP contribution >= 0.6 is 0 Å². The molecule has 18 heavy (non-hydrogen) atoms. The minimum absolute atomic E-state index is 0.0519. The van der Waals surface area contributed by atoms with Crippen molar-refractivity contribution in [3.05, 3.63) is 0 Å². The number of ether oxygens (including phenoxy) is 2. The molecular weight excluding hydrogens is 234 g/mol. The largest absolute Gasteiger partial charge is 0.550 e. The molecule has 0 aromatic rings. The van der Waals surface area contributed by atoms with Crippen molar-refractivity contribution in [1.29, 1.82) is 0 Å². The number of aliphatic carboxylic acids is 1. The predicted octanol–water partition coefficient (Wildman–Crippen LogP) is 0.282. The molecule has 0 saturated heterocycles. The SMILES string of the molecule is CCCC[N+](C)(C)C.COCCOCCC(=O)[O-]. The maximum atomic E-state index is 9.81. The highest BCUT2D eigenvalue weighted by molar-refractivity contribution is 5.64. The van der Waals surface area contributed by atoms with Gasteiger partial charge in [-0.15, -0.1) is 0 Å². The topological polar surface area (TPSA) is 58.6 Å². The zero-order valence-corrected chi connectivity index (χ0v) is 12.5. The number of hydrogen-bond acceptors (Lipinski definition) is 4. The molecule has 0 rings (SSSR count). The second-order valence-electron chi connectivity index (χ2n) is 5.09. The lowest BCUT2D eigenvalue weighted by atomic mass is 10.3. The van der Waals surface area contributed by atoms with Gasteiger partial charge in [0.2, 0.25) is 0 Å². The third-order valence-corrected chi connectivity index (χ3v) is 2.06. The van der Waals surface area contributed by atoms with Crippen LogP contribution in [-0.2, 0) is 14.3 Å². The van der Waals surface area contributed by atoms with Crippen LogP contribution in [0.2, 0.25) is 0 Å². The van der Waals surface area contributed by atoms with E-state index < -0.39 is 5.97 Å². The summed E-state index contributed by atoms with van der Waals surface area (Å²) in [6.45, 7) is 4.66. The molecule has 0 heterocycles. The summed E-state index contributed by atoms with van der Waals surface area (Å²) in [6.07, 6.45) is 2.61. The van der Waals surface area contributed by atoms with Gasteiger partial charge in [-0.05, 0) is 6.42 Å². The zero-order valence-electron chi connectivity index (χ0n) is 12.5. The Hall–Kier alpha value is -0.650. The second-order valence-corrected chi connectivity index (χ2v) is 5.09. The summed E-state index contributed by atoms with van der Waals surface area (Å²) in [7, 11) is 8.25. The van der Waals surface area contributed by atoms with E-state index in [1.807, 2.05) is 0 Å². The van der Waals surface area contributed by atoms with Gasteiger partial charge in [-0.2, -0.15) is 0 Å². The number of methoxy groups -OCH3 is 1. The van der Waals surface area contributed by atoms with E-state index in [-0.39, 0.29) is 13.0 Å².